The standard InChI is InChI=1S/C24H29N5O6S/c30-23(26-16-22(24(31)32)28-36(33,34)19-4-2-1-3-5-19)21-15-17-14-18(6-7-20(17)27-21)35-13-12-29-10-8-25-9-11-29/h1-7,14-15,22,25,27-28H,8-13,16H2,(H,26,30)(H,31,32)/t22-/m0/s1. The van der Waals surface area contributed by atoms with Crippen LogP contribution in [-0.2, 0) is 14.8 Å². The van der Waals surface area contributed by atoms with Gasteiger partial charge in [0.2, 0.25) is 10.0 Å². The highest BCUT2D eigenvalue weighted by Crippen LogP contribution is 2.22. The summed E-state index contributed by atoms with van der Waals surface area (Å²) in [5.41, 5.74) is 0.937. The first kappa shape index (κ1) is 25.6. The molecule has 0 spiro atoms. The lowest BCUT2D eigenvalue weighted by atomic mass is 10.2. The molecule has 1 aromatic heterocycles. The fraction of sp³-hybridized carbons (Fsp3) is 0.333. The van der Waals surface area contributed by atoms with Gasteiger partial charge in [0.25, 0.3) is 5.91 Å². The second kappa shape index (κ2) is 11.5. The number of H-pyrrole nitrogens is 1. The smallest absolute Gasteiger partial charge is 0.323 e. The number of piperazine rings is 1. The summed E-state index contributed by atoms with van der Waals surface area (Å²) in [7, 11) is -4.07. The van der Waals surface area contributed by atoms with Crippen LogP contribution >= 0.6 is 0 Å². The van der Waals surface area contributed by atoms with Gasteiger partial charge in [-0.2, -0.15) is 4.72 Å². The lowest BCUT2D eigenvalue weighted by Gasteiger charge is -2.26. The van der Waals surface area contributed by atoms with E-state index in [2.05, 4.69) is 25.2 Å². The summed E-state index contributed by atoms with van der Waals surface area (Å²) < 4.78 is 32.9. The lowest BCUT2D eigenvalue weighted by Crippen LogP contribution is -2.48. The Balaban J connectivity index is 1.34. The van der Waals surface area contributed by atoms with Crippen LogP contribution in [0.25, 0.3) is 10.9 Å². The molecule has 4 rings (SSSR count). The van der Waals surface area contributed by atoms with Crippen molar-refractivity contribution < 1.29 is 27.9 Å². The number of nitrogens with one attached hydrogen (secondary N) is 4. The first-order chi connectivity index (χ1) is 17.3. The van der Waals surface area contributed by atoms with E-state index in [-0.39, 0.29) is 10.6 Å². The number of ether oxygens (including phenoxy) is 1. The maximum Gasteiger partial charge on any atom is 0.323 e. The zero-order valence-electron chi connectivity index (χ0n) is 19.6. The fourth-order valence-corrected chi connectivity index (χ4v) is 5.08. The van der Waals surface area contributed by atoms with Crippen molar-refractivity contribution in [2.75, 3.05) is 45.9 Å². The second-order valence-corrected chi connectivity index (χ2v) is 10.1. The number of amides is 1. The zero-order valence-corrected chi connectivity index (χ0v) is 20.4. The number of aromatic nitrogens is 1. The third kappa shape index (κ3) is 6.61. The molecule has 0 unspecified atom stereocenters. The number of carbonyl (C=O) groups excluding carboxylic acids is 1. The maximum absolute atomic E-state index is 12.7. The summed E-state index contributed by atoms with van der Waals surface area (Å²) in [6.07, 6.45) is 0. The van der Waals surface area contributed by atoms with Gasteiger partial charge in [0.05, 0.1) is 4.90 Å². The van der Waals surface area contributed by atoms with Gasteiger partial charge in [-0.15, -0.1) is 0 Å². The quantitative estimate of drug-likeness (QED) is 0.249. The SMILES string of the molecule is O=C(NC[C@H](NS(=O)(=O)c1ccccc1)C(=O)O)c1cc2cc(OCCN3CCNCC3)ccc2[nH]1. The van der Waals surface area contributed by atoms with E-state index in [1.165, 1.54) is 24.3 Å². The Kier molecular flexibility index (Phi) is 8.21. The number of aliphatic carboxylic acids is 1. The van der Waals surface area contributed by atoms with Gasteiger partial charge >= 0.3 is 5.97 Å². The molecule has 0 saturated carbocycles. The van der Waals surface area contributed by atoms with Gasteiger partial charge in [-0.3, -0.25) is 14.5 Å². The molecule has 36 heavy (non-hydrogen) atoms. The minimum atomic E-state index is -4.07. The van der Waals surface area contributed by atoms with Crippen molar-refractivity contribution in [3.63, 3.8) is 0 Å². The van der Waals surface area contributed by atoms with Crippen molar-refractivity contribution in [1.82, 2.24) is 25.2 Å². The van der Waals surface area contributed by atoms with Gasteiger partial charge in [0.15, 0.2) is 0 Å². The van der Waals surface area contributed by atoms with Crippen LogP contribution in [-0.4, -0.2) is 87.2 Å². The highest BCUT2D eigenvalue weighted by Gasteiger charge is 2.26. The van der Waals surface area contributed by atoms with Crippen molar-refractivity contribution in [2.45, 2.75) is 10.9 Å². The number of hydrogen-bond donors (Lipinski definition) is 5. The molecule has 0 aliphatic carbocycles. The number of rotatable bonds is 11. The zero-order chi connectivity index (χ0) is 25.5. The number of carboxylic acids is 1. The molecule has 11 nitrogen and oxygen atoms in total. The molecular formula is C24H29N5O6S. The number of carboxylic acid groups (broad SMARTS) is 1. The molecular weight excluding hydrogens is 486 g/mol. The molecule has 0 bridgehead atoms. The van der Waals surface area contributed by atoms with E-state index in [0.29, 0.717) is 17.9 Å². The molecule has 1 fully saturated rings. The van der Waals surface area contributed by atoms with E-state index in [0.717, 1.165) is 38.1 Å². The Bertz CT molecular complexity index is 1310. The second-order valence-electron chi connectivity index (χ2n) is 8.41. The van der Waals surface area contributed by atoms with Gasteiger partial charge < -0.3 is 25.5 Å². The van der Waals surface area contributed by atoms with E-state index < -0.39 is 34.5 Å². The number of aromatic amines is 1. The number of hydrogen-bond acceptors (Lipinski definition) is 7. The van der Waals surface area contributed by atoms with Gasteiger partial charge in [0, 0.05) is 50.2 Å². The fourth-order valence-electron chi connectivity index (χ4n) is 3.87. The average Bonchev–Trinajstić information content (AvgIpc) is 3.31. The van der Waals surface area contributed by atoms with Crippen molar-refractivity contribution in [2.24, 2.45) is 0 Å². The third-order valence-electron chi connectivity index (χ3n) is 5.84. The summed E-state index contributed by atoms with van der Waals surface area (Å²) >= 11 is 0. The Morgan fingerprint density at radius 1 is 1.08 bits per heavy atom. The number of carbonyl (C=O) groups is 2. The minimum Gasteiger partial charge on any atom is -0.492 e. The third-order valence-corrected chi connectivity index (χ3v) is 7.33. The minimum absolute atomic E-state index is 0.0656. The molecule has 12 heteroatoms. The van der Waals surface area contributed by atoms with E-state index in [1.54, 1.807) is 18.2 Å². The number of nitrogens with zero attached hydrogens (tertiary/aromatic N) is 1. The predicted molar refractivity (Wildman–Crippen MR) is 134 cm³/mol. The van der Waals surface area contributed by atoms with Crippen molar-refractivity contribution in [1.29, 1.82) is 0 Å². The summed E-state index contributed by atoms with van der Waals surface area (Å²) in [6.45, 7) is 4.90. The van der Waals surface area contributed by atoms with Crippen molar-refractivity contribution in [3.8, 4) is 5.75 Å². The molecule has 1 saturated heterocycles. The van der Waals surface area contributed by atoms with Crippen LogP contribution in [0, 0.1) is 0 Å². The van der Waals surface area contributed by atoms with Gasteiger partial charge in [0.1, 0.15) is 24.1 Å². The van der Waals surface area contributed by atoms with Crippen LogP contribution in [0.1, 0.15) is 10.5 Å². The molecule has 1 aliphatic heterocycles. The number of fused-ring (bicyclic) bond motifs is 1. The monoisotopic (exact) mass is 515 g/mol. The van der Waals surface area contributed by atoms with Gasteiger partial charge in [-0.05, 0) is 36.4 Å². The molecule has 192 valence electrons. The summed E-state index contributed by atoms with van der Waals surface area (Å²) in [4.78, 5) is 29.5. The van der Waals surface area contributed by atoms with E-state index in [1.807, 2.05) is 12.1 Å². The van der Waals surface area contributed by atoms with Crippen LogP contribution in [0.5, 0.6) is 5.75 Å². The summed E-state index contributed by atoms with van der Waals surface area (Å²) in [6, 6.07) is 13.0. The van der Waals surface area contributed by atoms with Crippen LogP contribution in [0.3, 0.4) is 0 Å². The summed E-state index contributed by atoms with van der Waals surface area (Å²) in [5, 5.41) is 16.0. The molecule has 2 heterocycles. The number of benzene rings is 2. The predicted octanol–water partition coefficient (Wildman–Crippen LogP) is 0.613. The molecule has 5 N–H and O–H groups in total. The lowest BCUT2D eigenvalue weighted by molar-refractivity contribution is -0.138. The van der Waals surface area contributed by atoms with Crippen LogP contribution in [0.4, 0.5) is 0 Å². The Morgan fingerprint density at radius 2 is 1.83 bits per heavy atom. The van der Waals surface area contributed by atoms with Gasteiger partial charge in [-0.25, -0.2) is 8.42 Å². The first-order valence-corrected chi connectivity index (χ1v) is 13.1. The normalized spacial score (nSPS) is 15.4. The van der Waals surface area contributed by atoms with Gasteiger partial charge in [-0.1, -0.05) is 18.2 Å². The number of sulfonamides is 1. The molecule has 3 aromatic rings. The Hall–Kier alpha value is -3.45. The van der Waals surface area contributed by atoms with Crippen LogP contribution in [0.15, 0.2) is 59.5 Å². The van der Waals surface area contributed by atoms with E-state index >= 15 is 0 Å². The summed E-state index contributed by atoms with van der Waals surface area (Å²) in [5.74, 6) is -1.28. The average molecular weight is 516 g/mol. The van der Waals surface area contributed by atoms with Crippen LogP contribution in [0.2, 0.25) is 0 Å². The van der Waals surface area contributed by atoms with Crippen molar-refractivity contribution in [3.05, 3.63) is 60.3 Å². The first-order valence-electron chi connectivity index (χ1n) is 11.6. The van der Waals surface area contributed by atoms with Crippen molar-refractivity contribution >= 4 is 32.8 Å². The molecule has 1 amide bonds. The topological polar surface area (TPSA) is 153 Å². The molecule has 2 aromatic carbocycles. The largest absolute Gasteiger partial charge is 0.492 e. The highest BCUT2D eigenvalue weighted by atomic mass is 32.2. The molecule has 0 radical (unpaired) electrons. The Labute approximate surface area is 208 Å². The Morgan fingerprint density at radius 3 is 2.56 bits per heavy atom. The molecule has 1 atom stereocenters. The van der Waals surface area contributed by atoms with Crippen LogP contribution < -0.4 is 20.1 Å². The molecule has 1 aliphatic rings. The highest BCUT2D eigenvalue weighted by molar-refractivity contribution is 7.89. The maximum atomic E-state index is 12.7. The van der Waals surface area contributed by atoms with E-state index in [4.69, 9.17) is 4.74 Å². The van der Waals surface area contributed by atoms with E-state index in [9.17, 15) is 23.1 Å².